The number of hydrogen-bond acceptors (Lipinski definition) is 9. The minimum absolute atomic E-state index is 0.00875. The number of amides is 2. The van der Waals surface area contributed by atoms with Gasteiger partial charge in [-0.3, -0.25) is 19.4 Å². The summed E-state index contributed by atoms with van der Waals surface area (Å²) >= 11 is 0. The van der Waals surface area contributed by atoms with Gasteiger partial charge in [0.1, 0.15) is 11.6 Å². The van der Waals surface area contributed by atoms with Crippen molar-refractivity contribution in [3.05, 3.63) is 59.7 Å². The number of fused-ring (bicyclic) bond motifs is 2. The first kappa shape index (κ1) is 32.9. The van der Waals surface area contributed by atoms with Crippen LogP contribution in [0.3, 0.4) is 0 Å². The van der Waals surface area contributed by atoms with Crippen molar-refractivity contribution in [2.75, 3.05) is 31.7 Å². The molecule has 3 aromatic heterocycles. The number of alkyl halides is 2. The lowest BCUT2D eigenvalue weighted by atomic mass is 9.85. The second kappa shape index (κ2) is 12.7. The Hall–Kier alpha value is -4.63. The molecule has 258 valence electrons. The van der Waals surface area contributed by atoms with Gasteiger partial charge in [-0.25, -0.2) is 32.8 Å². The first-order valence-corrected chi connectivity index (χ1v) is 16.3. The van der Waals surface area contributed by atoms with Crippen molar-refractivity contribution in [1.82, 2.24) is 29.6 Å². The van der Waals surface area contributed by atoms with E-state index in [4.69, 9.17) is 25.3 Å². The van der Waals surface area contributed by atoms with Crippen LogP contribution in [-0.4, -0.2) is 86.3 Å². The fraction of sp³-hybridized carbons (Fsp3) is 0.471. The predicted octanol–water partition coefficient (Wildman–Crippen LogP) is 4.31. The highest BCUT2D eigenvalue weighted by Gasteiger charge is 2.49. The van der Waals surface area contributed by atoms with Crippen molar-refractivity contribution in [2.24, 2.45) is 11.7 Å². The molecule has 5 heterocycles. The number of nitrogens with zero attached hydrogens (tertiary/aromatic N) is 7. The Balaban J connectivity index is 1.29. The lowest BCUT2D eigenvalue weighted by Crippen LogP contribution is -2.56. The number of carbonyl (C=O) groups is 2. The highest BCUT2D eigenvalue weighted by atomic mass is 19.3. The smallest absolute Gasteiger partial charge is 0.265 e. The molecule has 4 aromatic rings. The van der Waals surface area contributed by atoms with Gasteiger partial charge < -0.3 is 15.2 Å². The Labute approximate surface area is 280 Å². The van der Waals surface area contributed by atoms with Crippen LogP contribution in [-0.2, 0) is 22.5 Å². The Morgan fingerprint density at radius 2 is 1.94 bits per heavy atom. The number of rotatable bonds is 9. The molecule has 1 aromatic carbocycles. The molecule has 7 rings (SSSR count). The molecule has 0 unspecified atom stereocenters. The summed E-state index contributed by atoms with van der Waals surface area (Å²) in [5, 5.41) is 5.37. The molecule has 15 heteroatoms. The first-order chi connectivity index (χ1) is 23.4. The maximum Gasteiger partial charge on any atom is 0.265 e. The van der Waals surface area contributed by atoms with E-state index in [9.17, 15) is 22.8 Å². The molecule has 2 N–H and O–H groups in total. The van der Waals surface area contributed by atoms with Gasteiger partial charge >= 0.3 is 0 Å². The van der Waals surface area contributed by atoms with E-state index in [1.165, 1.54) is 4.90 Å². The fourth-order valence-electron chi connectivity index (χ4n) is 7.20. The number of likely N-dealkylation sites (tertiary alicyclic amines) is 1. The molecule has 2 fully saturated rings. The summed E-state index contributed by atoms with van der Waals surface area (Å²) in [5.74, 6) is -3.36. The number of anilines is 1. The number of hydrogen-bond donors (Lipinski definition) is 1. The van der Waals surface area contributed by atoms with Crippen molar-refractivity contribution in [1.29, 1.82) is 0 Å². The summed E-state index contributed by atoms with van der Waals surface area (Å²) in [6.07, 6.45) is 4.21. The van der Waals surface area contributed by atoms with Gasteiger partial charge in [-0.1, -0.05) is 19.9 Å². The quantitative estimate of drug-likeness (QED) is 0.274. The second-order valence-electron chi connectivity index (χ2n) is 13.4. The van der Waals surface area contributed by atoms with Crippen LogP contribution in [0.5, 0.6) is 5.75 Å². The van der Waals surface area contributed by atoms with E-state index in [1.807, 2.05) is 18.5 Å². The molecule has 1 aliphatic carbocycles. The van der Waals surface area contributed by atoms with Gasteiger partial charge in [-0.2, -0.15) is 5.10 Å². The second-order valence-corrected chi connectivity index (χ2v) is 13.4. The SMILES string of the molecule is CO[C@@H]1CN(C2CC(F)(F)C2)CC[C@@H]1n1ncc2c(-c3ccc4c(c3)OCC(=O)N4Cc3ncc(F)cn3)c(C(N)=O)c(CC(C)C)nc21. The van der Waals surface area contributed by atoms with Crippen LogP contribution in [0.25, 0.3) is 22.2 Å². The maximum atomic E-state index is 13.7. The third-order valence-corrected chi connectivity index (χ3v) is 9.59. The van der Waals surface area contributed by atoms with E-state index in [-0.39, 0.29) is 67.4 Å². The number of carbonyl (C=O) groups excluding carboxylic acids is 2. The number of piperidine rings is 1. The van der Waals surface area contributed by atoms with Gasteiger partial charge in [0, 0.05) is 50.0 Å². The van der Waals surface area contributed by atoms with Crippen LogP contribution in [0, 0.1) is 11.7 Å². The molecule has 2 amide bonds. The number of ether oxygens (including phenoxy) is 2. The molecular weight excluding hydrogens is 641 g/mol. The first-order valence-electron chi connectivity index (χ1n) is 16.3. The normalized spacial score (nSPS) is 21.1. The van der Waals surface area contributed by atoms with Crippen LogP contribution in [0.1, 0.15) is 61.0 Å². The van der Waals surface area contributed by atoms with Gasteiger partial charge in [-0.05, 0) is 36.5 Å². The molecule has 12 nitrogen and oxygen atoms in total. The van der Waals surface area contributed by atoms with Crippen molar-refractivity contribution in [3.8, 4) is 16.9 Å². The summed E-state index contributed by atoms with van der Waals surface area (Å²) in [4.78, 5) is 42.6. The average Bonchev–Trinajstić information content (AvgIpc) is 3.47. The lowest BCUT2D eigenvalue weighted by Gasteiger charge is -2.47. The third kappa shape index (κ3) is 6.21. The van der Waals surface area contributed by atoms with E-state index in [2.05, 4.69) is 14.9 Å². The summed E-state index contributed by atoms with van der Waals surface area (Å²) in [6, 6.07) is 4.84. The fourth-order valence-corrected chi connectivity index (χ4v) is 7.20. The molecular formula is C34H37F3N8O4. The van der Waals surface area contributed by atoms with Crippen LogP contribution in [0.2, 0.25) is 0 Å². The summed E-state index contributed by atoms with van der Waals surface area (Å²) < 4.78 is 54.3. The number of halogens is 3. The van der Waals surface area contributed by atoms with Crippen molar-refractivity contribution in [2.45, 2.75) is 70.2 Å². The molecule has 1 saturated carbocycles. The van der Waals surface area contributed by atoms with E-state index in [1.54, 1.807) is 31.5 Å². The lowest BCUT2D eigenvalue weighted by molar-refractivity contribution is -0.139. The van der Waals surface area contributed by atoms with Crippen molar-refractivity contribution >= 4 is 28.5 Å². The molecule has 1 saturated heterocycles. The maximum absolute atomic E-state index is 13.7. The van der Waals surface area contributed by atoms with E-state index in [0.717, 1.165) is 12.4 Å². The topological polar surface area (TPSA) is 142 Å². The van der Waals surface area contributed by atoms with E-state index in [0.29, 0.717) is 65.2 Å². The van der Waals surface area contributed by atoms with E-state index < -0.39 is 17.6 Å². The van der Waals surface area contributed by atoms with Crippen LogP contribution >= 0.6 is 0 Å². The average molecular weight is 679 g/mol. The molecule has 49 heavy (non-hydrogen) atoms. The number of primary amides is 1. The number of methoxy groups -OCH3 is 1. The Kier molecular flexibility index (Phi) is 8.51. The summed E-state index contributed by atoms with van der Waals surface area (Å²) in [7, 11) is 1.61. The minimum Gasteiger partial charge on any atom is -0.482 e. The van der Waals surface area contributed by atoms with Crippen LogP contribution < -0.4 is 15.4 Å². The van der Waals surface area contributed by atoms with Gasteiger partial charge in [-0.15, -0.1) is 0 Å². The highest BCUT2D eigenvalue weighted by molar-refractivity contribution is 6.09. The Bertz CT molecular complexity index is 1910. The standard InChI is InChI=1S/C34H37F3N8O4/c1-18(2)8-23-31(32(38)47)30(19-4-5-24-26(9-19)49-17-29(46)44(24)16-28-39-12-20(35)13-40-28)22-14-41-45(33(22)42-23)25-6-7-43(15-27(25)48-3)21-10-34(36,37)11-21/h4-5,9,12-14,18,21,25,27H,6-8,10-11,15-17H2,1-3H3,(H2,38,47)/t25-,27+/m0/s1. The van der Waals surface area contributed by atoms with Gasteiger partial charge in [0.15, 0.2) is 18.1 Å². The molecule has 0 bridgehead atoms. The van der Waals surface area contributed by atoms with Crippen molar-refractivity contribution in [3.63, 3.8) is 0 Å². The third-order valence-electron chi connectivity index (χ3n) is 9.59. The zero-order chi connectivity index (χ0) is 34.6. The molecule has 0 radical (unpaired) electrons. The van der Waals surface area contributed by atoms with E-state index >= 15 is 0 Å². The number of benzene rings is 1. The minimum atomic E-state index is -2.61. The Morgan fingerprint density at radius 3 is 2.61 bits per heavy atom. The largest absolute Gasteiger partial charge is 0.482 e. The van der Waals surface area contributed by atoms with Gasteiger partial charge in [0.25, 0.3) is 17.7 Å². The molecule has 0 spiro atoms. The zero-order valence-corrected chi connectivity index (χ0v) is 27.4. The van der Waals surface area contributed by atoms with Crippen LogP contribution in [0.4, 0.5) is 18.9 Å². The summed E-state index contributed by atoms with van der Waals surface area (Å²) in [6.45, 7) is 4.91. The summed E-state index contributed by atoms with van der Waals surface area (Å²) in [5.41, 5.74) is 9.03. The number of nitrogens with two attached hydrogens (primary N) is 1. The molecule has 3 aliphatic rings. The molecule has 2 aliphatic heterocycles. The van der Waals surface area contributed by atoms with Gasteiger partial charge in [0.05, 0.1) is 54.2 Å². The van der Waals surface area contributed by atoms with Gasteiger partial charge in [0.2, 0.25) is 0 Å². The van der Waals surface area contributed by atoms with Crippen LogP contribution in [0.15, 0.2) is 36.8 Å². The number of aromatic nitrogens is 5. The van der Waals surface area contributed by atoms with Crippen molar-refractivity contribution < 1.29 is 32.2 Å². The predicted molar refractivity (Wildman–Crippen MR) is 173 cm³/mol. The Morgan fingerprint density at radius 1 is 1.18 bits per heavy atom. The molecule has 2 atom stereocenters. The highest BCUT2D eigenvalue weighted by Crippen LogP contribution is 2.44. The number of pyridine rings is 1. The zero-order valence-electron chi connectivity index (χ0n) is 27.4. The monoisotopic (exact) mass is 678 g/mol.